The monoisotopic (exact) mass is 248 g/mol. The lowest BCUT2D eigenvalue weighted by Crippen LogP contribution is -2.37. The van der Waals surface area contributed by atoms with Crippen LogP contribution < -0.4 is 0 Å². The van der Waals surface area contributed by atoms with Gasteiger partial charge in [0.05, 0.1) is 8.07 Å². The molecule has 3 rings (SSSR count). The first-order chi connectivity index (χ1) is 7.72. The van der Waals surface area contributed by atoms with Crippen molar-refractivity contribution in [1.29, 1.82) is 0 Å². The molecule has 0 unspecified atom stereocenters. The molecule has 2 heteroatoms. The molecule has 0 N–H and O–H groups in total. The quantitative estimate of drug-likeness (QED) is 0.647. The maximum Gasteiger partial charge on any atom is 0.158 e. The van der Waals surface area contributed by atoms with Gasteiger partial charge in [0, 0.05) is 5.92 Å². The molecule has 0 aromatic rings. The van der Waals surface area contributed by atoms with Gasteiger partial charge in [0.15, 0.2) is 5.78 Å². The van der Waals surface area contributed by atoms with Crippen molar-refractivity contribution in [2.45, 2.75) is 46.3 Å². The zero-order valence-electron chi connectivity index (χ0n) is 11.7. The predicted octanol–water partition coefficient (Wildman–Crippen LogP) is 3.67. The van der Waals surface area contributed by atoms with Crippen LogP contribution in [0.3, 0.4) is 0 Å². The minimum atomic E-state index is -1.42. The van der Waals surface area contributed by atoms with E-state index in [1.807, 2.05) is 0 Å². The van der Waals surface area contributed by atoms with Crippen molar-refractivity contribution < 1.29 is 4.79 Å². The van der Waals surface area contributed by atoms with Crippen molar-refractivity contribution in [3.8, 4) is 0 Å². The number of rotatable bonds is 1. The molecule has 0 spiro atoms. The van der Waals surface area contributed by atoms with E-state index in [4.69, 9.17) is 0 Å². The second-order valence-corrected chi connectivity index (χ2v) is 13.1. The van der Waals surface area contributed by atoms with E-state index in [-0.39, 0.29) is 0 Å². The smallest absolute Gasteiger partial charge is 0.158 e. The van der Waals surface area contributed by atoms with Crippen LogP contribution in [0.5, 0.6) is 0 Å². The van der Waals surface area contributed by atoms with Crippen molar-refractivity contribution >= 4 is 13.9 Å². The Kier molecular flexibility index (Phi) is 2.16. The van der Waals surface area contributed by atoms with E-state index < -0.39 is 8.07 Å². The number of allylic oxidation sites excluding steroid dienone is 2. The largest absolute Gasteiger partial charge is 0.295 e. The number of hydrogen-bond donors (Lipinski definition) is 0. The third-order valence-electron chi connectivity index (χ3n) is 5.48. The van der Waals surface area contributed by atoms with Gasteiger partial charge in [-0.15, -0.1) is 0 Å². The lowest BCUT2D eigenvalue weighted by atomic mass is 9.67. The van der Waals surface area contributed by atoms with Crippen LogP contribution in [-0.4, -0.2) is 13.9 Å². The van der Waals surface area contributed by atoms with E-state index in [1.165, 1.54) is 18.0 Å². The van der Waals surface area contributed by atoms with Gasteiger partial charge in [-0.2, -0.15) is 0 Å². The summed E-state index contributed by atoms with van der Waals surface area (Å²) < 4.78 is 0. The molecule has 2 saturated carbocycles. The van der Waals surface area contributed by atoms with Crippen molar-refractivity contribution in [3.63, 3.8) is 0 Å². The molecule has 94 valence electrons. The van der Waals surface area contributed by atoms with Crippen molar-refractivity contribution in [2.75, 3.05) is 0 Å². The summed E-state index contributed by atoms with van der Waals surface area (Å²) in [4.78, 5) is 12.7. The predicted molar refractivity (Wildman–Crippen MR) is 73.4 cm³/mol. The number of Topliss-reactive ketones (excluding diaryl/α,β-unsaturated/α-hetero) is 1. The fraction of sp³-hybridized carbons (Fsp3) is 0.800. The zero-order chi connectivity index (χ0) is 12.6. The normalized spacial score (nSPS) is 42.9. The molecule has 4 atom stereocenters. The summed E-state index contributed by atoms with van der Waals surface area (Å²) in [6, 6.07) is 0. The van der Waals surface area contributed by atoms with Crippen LogP contribution in [0, 0.1) is 29.1 Å². The van der Waals surface area contributed by atoms with Crippen molar-refractivity contribution in [2.24, 2.45) is 29.1 Å². The Labute approximate surface area is 106 Å². The first-order valence-electron chi connectivity index (χ1n) is 6.98. The molecule has 0 amide bonds. The second-order valence-electron chi connectivity index (χ2n) is 8.09. The highest BCUT2D eigenvalue weighted by atomic mass is 28.3. The number of hydrogen-bond acceptors (Lipinski definition) is 1. The molecule has 0 saturated heterocycles. The fourth-order valence-electron chi connectivity index (χ4n) is 4.71. The summed E-state index contributed by atoms with van der Waals surface area (Å²) >= 11 is 0. The van der Waals surface area contributed by atoms with Crippen LogP contribution in [0.25, 0.3) is 0 Å². The molecular weight excluding hydrogens is 224 g/mol. The molecule has 0 aromatic carbocycles. The van der Waals surface area contributed by atoms with Crippen molar-refractivity contribution in [1.82, 2.24) is 0 Å². The molecule has 1 nitrogen and oxygen atoms in total. The highest BCUT2D eigenvalue weighted by Crippen LogP contribution is 2.64. The number of ketones is 1. The lowest BCUT2D eigenvalue weighted by molar-refractivity contribution is -0.121. The number of carbonyl (C=O) groups is 1. The molecular formula is C15H24OSi. The highest BCUT2D eigenvalue weighted by molar-refractivity contribution is 6.87. The summed E-state index contributed by atoms with van der Waals surface area (Å²) in [5, 5.41) is 1.25. The summed E-state index contributed by atoms with van der Waals surface area (Å²) in [5.41, 5.74) is 0.407. The van der Waals surface area contributed by atoms with Gasteiger partial charge in [-0.05, 0) is 41.2 Å². The van der Waals surface area contributed by atoms with Gasteiger partial charge in [0.25, 0.3) is 0 Å². The average molecular weight is 248 g/mol. The van der Waals surface area contributed by atoms with Crippen LogP contribution in [0.15, 0.2) is 11.3 Å². The standard InChI is InChI=1S/C15H24OSi/c1-15(2)8-9-6-11(15)13-10(9)7-12(14(13)16)17(3,4)5/h7,9-11,13H,6,8H2,1-5H3/t9-,10+,11+,13+/m1/s1. The minimum absolute atomic E-state index is 0.366. The topological polar surface area (TPSA) is 17.1 Å². The second kappa shape index (κ2) is 3.14. The molecule has 3 aliphatic carbocycles. The molecule has 17 heavy (non-hydrogen) atoms. The summed E-state index contributed by atoms with van der Waals surface area (Å²) in [7, 11) is -1.42. The molecule has 0 aromatic heterocycles. The van der Waals surface area contributed by atoms with Gasteiger partial charge in [-0.1, -0.05) is 39.6 Å². The van der Waals surface area contributed by atoms with E-state index in [9.17, 15) is 4.79 Å². The Hall–Kier alpha value is -0.373. The Morgan fingerprint density at radius 2 is 1.94 bits per heavy atom. The van der Waals surface area contributed by atoms with Crippen LogP contribution in [-0.2, 0) is 4.79 Å². The molecule has 2 bridgehead atoms. The molecule has 0 aliphatic heterocycles. The SMILES string of the molecule is CC1(C)C[C@H]2C[C@H]1[C@H]1C(=O)C([Si](C)(C)C)=C[C@@H]21. The van der Waals surface area contributed by atoms with Gasteiger partial charge in [0.2, 0.25) is 0 Å². The number of carbonyl (C=O) groups excluding carboxylic acids is 1. The zero-order valence-corrected chi connectivity index (χ0v) is 12.7. The van der Waals surface area contributed by atoms with Crippen molar-refractivity contribution in [3.05, 3.63) is 11.3 Å². The van der Waals surface area contributed by atoms with Gasteiger partial charge >= 0.3 is 0 Å². The lowest BCUT2D eigenvalue weighted by Gasteiger charge is -2.36. The Morgan fingerprint density at radius 1 is 1.29 bits per heavy atom. The Bertz CT molecular complexity index is 413. The Balaban J connectivity index is 1.97. The number of fused-ring (bicyclic) bond motifs is 5. The third kappa shape index (κ3) is 1.46. The van der Waals surface area contributed by atoms with Crippen LogP contribution >= 0.6 is 0 Å². The summed E-state index contributed by atoms with van der Waals surface area (Å²) in [5.74, 6) is 2.98. The molecule has 2 fully saturated rings. The van der Waals surface area contributed by atoms with Crippen LogP contribution in [0.2, 0.25) is 19.6 Å². The van der Waals surface area contributed by atoms with E-state index in [2.05, 4.69) is 39.6 Å². The molecule has 3 aliphatic rings. The van der Waals surface area contributed by atoms with Crippen LogP contribution in [0.1, 0.15) is 26.7 Å². The van der Waals surface area contributed by atoms with E-state index in [1.54, 1.807) is 0 Å². The first kappa shape index (κ1) is 11.7. The van der Waals surface area contributed by atoms with Gasteiger partial charge in [-0.25, -0.2) is 0 Å². The van der Waals surface area contributed by atoms with Crippen LogP contribution in [0.4, 0.5) is 0 Å². The maximum atomic E-state index is 12.7. The summed E-state index contributed by atoms with van der Waals surface area (Å²) in [6.45, 7) is 11.7. The van der Waals surface area contributed by atoms with E-state index >= 15 is 0 Å². The van der Waals surface area contributed by atoms with E-state index in [0.29, 0.717) is 29.0 Å². The summed E-state index contributed by atoms with van der Waals surface area (Å²) in [6.07, 6.45) is 5.05. The Morgan fingerprint density at radius 3 is 2.53 bits per heavy atom. The van der Waals surface area contributed by atoms with Gasteiger partial charge < -0.3 is 0 Å². The fourth-order valence-corrected chi connectivity index (χ4v) is 6.31. The minimum Gasteiger partial charge on any atom is -0.295 e. The maximum absolute atomic E-state index is 12.7. The highest BCUT2D eigenvalue weighted by Gasteiger charge is 2.60. The average Bonchev–Trinajstić information content (AvgIpc) is 2.72. The van der Waals surface area contributed by atoms with E-state index in [0.717, 1.165) is 5.92 Å². The van der Waals surface area contributed by atoms with Gasteiger partial charge in [-0.3, -0.25) is 4.79 Å². The molecule has 0 heterocycles. The first-order valence-corrected chi connectivity index (χ1v) is 10.5. The third-order valence-corrected chi connectivity index (χ3v) is 7.51. The van der Waals surface area contributed by atoms with Gasteiger partial charge in [0.1, 0.15) is 0 Å². The molecule has 0 radical (unpaired) electrons.